The van der Waals surface area contributed by atoms with E-state index in [2.05, 4.69) is 16.7 Å². The molecular weight excluding hydrogens is 386 g/mol. The predicted octanol–water partition coefficient (Wildman–Crippen LogP) is 3.95. The number of benzene rings is 1. The number of hydrogen-bond acceptors (Lipinski definition) is 5. The molecule has 138 valence electrons. The number of halogens is 1. The van der Waals surface area contributed by atoms with Crippen molar-refractivity contribution >= 4 is 40.9 Å². The topological polar surface area (TPSA) is 95.1 Å². The van der Waals surface area contributed by atoms with Gasteiger partial charge in [-0.1, -0.05) is 29.4 Å². The molecule has 2 N–H and O–H groups in total. The number of rotatable bonds is 5. The Bertz CT molecular complexity index is 948. The van der Waals surface area contributed by atoms with E-state index < -0.39 is 5.92 Å². The molecule has 2 amide bonds. The normalized spacial score (nSPS) is 16.6. The molecule has 0 saturated carbocycles. The second-order valence-corrected chi connectivity index (χ2v) is 7.37. The fraction of sp³-hybridized carbons (Fsp3) is 0.211. The molecule has 3 rings (SSSR count). The molecule has 1 atom stereocenters. The first-order valence-electron chi connectivity index (χ1n) is 8.14. The zero-order chi connectivity index (χ0) is 19.4. The molecule has 0 spiro atoms. The van der Waals surface area contributed by atoms with Crippen molar-refractivity contribution in [3.8, 4) is 6.07 Å². The quantitative estimate of drug-likeness (QED) is 0.790. The highest BCUT2D eigenvalue weighted by Gasteiger charge is 2.31. The minimum atomic E-state index is -0.444. The lowest BCUT2D eigenvalue weighted by molar-refractivity contribution is -0.121. The summed E-state index contributed by atoms with van der Waals surface area (Å²) in [5.41, 5.74) is 1.90. The number of hydrogen-bond donors (Lipinski definition) is 2. The first kappa shape index (κ1) is 19.1. The van der Waals surface area contributed by atoms with Crippen LogP contribution >= 0.6 is 23.4 Å². The lowest BCUT2D eigenvalue weighted by Crippen LogP contribution is -2.31. The van der Waals surface area contributed by atoms with Crippen LogP contribution in [0.15, 0.2) is 51.6 Å². The molecule has 0 bridgehead atoms. The average molecular weight is 402 g/mol. The van der Waals surface area contributed by atoms with Gasteiger partial charge in [-0.2, -0.15) is 5.26 Å². The van der Waals surface area contributed by atoms with Crippen LogP contribution in [-0.2, 0) is 9.59 Å². The van der Waals surface area contributed by atoms with Gasteiger partial charge in [-0.3, -0.25) is 9.59 Å². The first-order valence-corrected chi connectivity index (χ1v) is 9.50. The Hall–Kier alpha value is -2.69. The van der Waals surface area contributed by atoms with Crippen molar-refractivity contribution in [2.75, 3.05) is 11.1 Å². The highest BCUT2D eigenvalue weighted by Crippen LogP contribution is 2.36. The molecule has 0 radical (unpaired) electrons. The van der Waals surface area contributed by atoms with Crippen LogP contribution in [-0.4, -0.2) is 17.6 Å². The van der Waals surface area contributed by atoms with Crippen LogP contribution in [0.3, 0.4) is 0 Å². The maximum Gasteiger partial charge on any atom is 0.234 e. The van der Waals surface area contributed by atoms with Crippen LogP contribution in [0.5, 0.6) is 0 Å². The molecule has 1 aliphatic heterocycles. The van der Waals surface area contributed by atoms with Crippen LogP contribution < -0.4 is 10.6 Å². The lowest BCUT2D eigenvalue weighted by atomic mass is 9.92. The van der Waals surface area contributed by atoms with Crippen molar-refractivity contribution in [1.29, 1.82) is 5.26 Å². The zero-order valence-corrected chi connectivity index (χ0v) is 16.0. The van der Waals surface area contributed by atoms with E-state index >= 15 is 0 Å². The van der Waals surface area contributed by atoms with Crippen LogP contribution in [0.25, 0.3) is 0 Å². The third-order valence-electron chi connectivity index (χ3n) is 4.05. The van der Waals surface area contributed by atoms with Gasteiger partial charge in [0, 0.05) is 17.1 Å². The Kier molecular flexibility index (Phi) is 5.89. The van der Waals surface area contributed by atoms with E-state index in [1.807, 2.05) is 13.0 Å². The standard InChI is InChI=1S/C19H16ClN3O3S/c1-11-4-5-12(7-15(11)20)22-18(25)10-27-19-14(9-21)13(8-17(24)23-19)16-3-2-6-26-16/h2-7,13H,8,10H2,1H3,(H,22,25)(H,23,24)/t13-/m0/s1. The van der Waals surface area contributed by atoms with E-state index in [0.29, 0.717) is 27.1 Å². The number of thioether (sulfide) groups is 1. The zero-order valence-electron chi connectivity index (χ0n) is 14.4. The largest absolute Gasteiger partial charge is 0.469 e. The summed E-state index contributed by atoms with van der Waals surface area (Å²) >= 11 is 7.17. The van der Waals surface area contributed by atoms with Crippen molar-refractivity contribution in [3.05, 3.63) is 63.5 Å². The Balaban J connectivity index is 1.71. The Labute approximate surface area is 165 Å². The minimum Gasteiger partial charge on any atom is -0.469 e. The number of nitrogens with one attached hydrogen (secondary N) is 2. The fourth-order valence-corrected chi connectivity index (χ4v) is 3.73. The monoisotopic (exact) mass is 401 g/mol. The summed E-state index contributed by atoms with van der Waals surface area (Å²) in [5, 5.41) is 15.9. The van der Waals surface area contributed by atoms with Gasteiger partial charge in [0.1, 0.15) is 5.76 Å². The van der Waals surface area contributed by atoms with Gasteiger partial charge in [-0.15, -0.1) is 0 Å². The molecule has 2 heterocycles. The van der Waals surface area contributed by atoms with Crippen molar-refractivity contribution in [2.24, 2.45) is 0 Å². The summed E-state index contributed by atoms with van der Waals surface area (Å²) in [6.07, 6.45) is 1.64. The van der Waals surface area contributed by atoms with E-state index in [4.69, 9.17) is 16.0 Å². The summed E-state index contributed by atoms with van der Waals surface area (Å²) in [5.74, 6) is -0.335. The Morgan fingerprint density at radius 1 is 1.48 bits per heavy atom. The summed E-state index contributed by atoms with van der Waals surface area (Å²) in [4.78, 5) is 24.2. The van der Waals surface area contributed by atoms with Crippen LogP contribution in [0.4, 0.5) is 5.69 Å². The molecule has 6 nitrogen and oxygen atoms in total. The van der Waals surface area contributed by atoms with Gasteiger partial charge < -0.3 is 15.1 Å². The number of carbonyl (C=O) groups excluding carboxylic acids is 2. The third-order valence-corrected chi connectivity index (χ3v) is 5.47. The number of nitrogens with zero attached hydrogens (tertiary/aromatic N) is 1. The predicted molar refractivity (Wildman–Crippen MR) is 104 cm³/mol. The van der Waals surface area contributed by atoms with Crippen molar-refractivity contribution in [1.82, 2.24) is 5.32 Å². The summed E-state index contributed by atoms with van der Waals surface area (Å²) in [7, 11) is 0. The molecule has 0 fully saturated rings. The molecule has 1 aromatic heterocycles. The van der Waals surface area contributed by atoms with E-state index in [9.17, 15) is 14.9 Å². The molecule has 27 heavy (non-hydrogen) atoms. The van der Waals surface area contributed by atoms with Crippen molar-refractivity contribution in [3.63, 3.8) is 0 Å². The average Bonchev–Trinajstić information content (AvgIpc) is 3.17. The number of anilines is 1. The Morgan fingerprint density at radius 2 is 2.30 bits per heavy atom. The van der Waals surface area contributed by atoms with Crippen LogP contribution in [0.2, 0.25) is 5.02 Å². The molecule has 1 aliphatic rings. The van der Waals surface area contributed by atoms with Gasteiger partial charge in [0.15, 0.2) is 0 Å². The minimum absolute atomic E-state index is 0.0389. The number of amides is 2. The molecule has 2 aromatic rings. The number of carbonyl (C=O) groups is 2. The van der Waals surface area contributed by atoms with E-state index in [0.717, 1.165) is 17.3 Å². The van der Waals surface area contributed by atoms with Gasteiger partial charge in [0.2, 0.25) is 11.8 Å². The highest BCUT2D eigenvalue weighted by atomic mass is 35.5. The summed E-state index contributed by atoms with van der Waals surface area (Å²) in [6, 6.07) is 10.8. The maximum atomic E-state index is 12.2. The number of nitriles is 1. The van der Waals surface area contributed by atoms with E-state index in [-0.39, 0.29) is 24.0 Å². The fourth-order valence-electron chi connectivity index (χ4n) is 2.67. The van der Waals surface area contributed by atoms with Gasteiger partial charge in [-0.25, -0.2) is 0 Å². The maximum absolute atomic E-state index is 12.2. The van der Waals surface area contributed by atoms with E-state index in [1.165, 1.54) is 6.26 Å². The highest BCUT2D eigenvalue weighted by molar-refractivity contribution is 8.03. The third kappa shape index (κ3) is 4.54. The van der Waals surface area contributed by atoms with Crippen molar-refractivity contribution in [2.45, 2.75) is 19.3 Å². The van der Waals surface area contributed by atoms with Crippen LogP contribution in [0.1, 0.15) is 23.7 Å². The van der Waals surface area contributed by atoms with Gasteiger partial charge in [0.25, 0.3) is 0 Å². The molecule has 1 aromatic carbocycles. The van der Waals surface area contributed by atoms with Gasteiger partial charge in [0.05, 0.1) is 34.6 Å². The second-order valence-electron chi connectivity index (χ2n) is 5.98. The van der Waals surface area contributed by atoms with Crippen LogP contribution in [0, 0.1) is 18.3 Å². The lowest BCUT2D eigenvalue weighted by Gasteiger charge is -2.23. The summed E-state index contributed by atoms with van der Waals surface area (Å²) < 4.78 is 5.36. The van der Waals surface area contributed by atoms with Gasteiger partial charge >= 0.3 is 0 Å². The van der Waals surface area contributed by atoms with Gasteiger partial charge in [-0.05, 0) is 36.8 Å². The number of aryl methyl sites for hydroxylation is 1. The SMILES string of the molecule is Cc1ccc(NC(=O)CSC2=C(C#N)[C@@H](c3ccco3)CC(=O)N2)cc1Cl. The first-order chi connectivity index (χ1) is 13.0. The van der Waals surface area contributed by atoms with Crippen molar-refractivity contribution < 1.29 is 14.0 Å². The second kappa shape index (κ2) is 8.33. The molecular formula is C19H16ClN3O3S. The number of allylic oxidation sites excluding steroid dienone is 1. The molecule has 8 heteroatoms. The molecule has 0 unspecified atom stereocenters. The smallest absolute Gasteiger partial charge is 0.234 e. The molecule has 0 saturated heterocycles. The number of furan rings is 1. The Morgan fingerprint density at radius 3 is 2.96 bits per heavy atom. The summed E-state index contributed by atoms with van der Waals surface area (Å²) in [6.45, 7) is 1.88. The van der Waals surface area contributed by atoms with E-state index in [1.54, 1.807) is 24.3 Å². The molecule has 0 aliphatic carbocycles.